The van der Waals surface area contributed by atoms with Gasteiger partial charge in [-0.3, -0.25) is 0 Å². The van der Waals surface area contributed by atoms with Crippen molar-refractivity contribution >= 4 is 15.9 Å². The standard InChI is InChI=1S/C12H18BrN/c1-9-5-6-10(7-11(9)13)8-12(2,3)14-4/h5-7,14H,8H2,1-4H3. The average molecular weight is 256 g/mol. The van der Waals surface area contributed by atoms with E-state index in [1.807, 2.05) is 7.05 Å². The van der Waals surface area contributed by atoms with Crippen molar-refractivity contribution in [2.75, 3.05) is 7.05 Å². The van der Waals surface area contributed by atoms with Crippen LogP contribution in [0.3, 0.4) is 0 Å². The van der Waals surface area contributed by atoms with E-state index in [9.17, 15) is 0 Å². The van der Waals surface area contributed by atoms with E-state index in [0.29, 0.717) is 0 Å². The van der Waals surface area contributed by atoms with Crippen LogP contribution in [0.1, 0.15) is 25.0 Å². The summed E-state index contributed by atoms with van der Waals surface area (Å²) >= 11 is 3.56. The fourth-order valence-corrected chi connectivity index (χ4v) is 1.77. The summed E-state index contributed by atoms with van der Waals surface area (Å²) < 4.78 is 1.20. The molecule has 0 amide bonds. The Hall–Kier alpha value is -0.340. The van der Waals surface area contributed by atoms with E-state index in [-0.39, 0.29) is 5.54 Å². The van der Waals surface area contributed by atoms with Crippen molar-refractivity contribution in [3.63, 3.8) is 0 Å². The molecular formula is C12H18BrN. The van der Waals surface area contributed by atoms with Gasteiger partial charge in [-0.05, 0) is 51.4 Å². The van der Waals surface area contributed by atoms with Gasteiger partial charge < -0.3 is 5.32 Å². The zero-order valence-electron chi connectivity index (χ0n) is 9.32. The number of likely N-dealkylation sites (N-methyl/N-ethyl adjacent to an activating group) is 1. The molecule has 0 aliphatic carbocycles. The highest BCUT2D eigenvalue weighted by Gasteiger charge is 2.15. The van der Waals surface area contributed by atoms with Crippen molar-refractivity contribution in [2.24, 2.45) is 0 Å². The third kappa shape index (κ3) is 3.10. The van der Waals surface area contributed by atoms with Gasteiger partial charge in [-0.25, -0.2) is 0 Å². The predicted octanol–water partition coefficient (Wildman–Crippen LogP) is 3.30. The minimum Gasteiger partial charge on any atom is -0.314 e. The Balaban J connectivity index is 2.83. The van der Waals surface area contributed by atoms with E-state index >= 15 is 0 Å². The van der Waals surface area contributed by atoms with Crippen LogP contribution in [0.25, 0.3) is 0 Å². The summed E-state index contributed by atoms with van der Waals surface area (Å²) in [6.07, 6.45) is 1.04. The molecule has 0 fully saturated rings. The predicted molar refractivity (Wildman–Crippen MR) is 65.7 cm³/mol. The van der Waals surface area contributed by atoms with E-state index in [4.69, 9.17) is 0 Å². The first-order valence-corrected chi connectivity index (χ1v) is 5.68. The SMILES string of the molecule is CNC(C)(C)Cc1ccc(C)c(Br)c1. The lowest BCUT2D eigenvalue weighted by Gasteiger charge is -2.24. The minimum atomic E-state index is 0.161. The molecule has 2 heteroatoms. The Bertz CT molecular complexity index is 318. The molecule has 0 unspecified atom stereocenters. The molecule has 1 nitrogen and oxygen atoms in total. The third-order valence-electron chi connectivity index (χ3n) is 2.56. The fraction of sp³-hybridized carbons (Fsp3) is 0.500. The molecule has 0 spiro atoms. The lowest BCUT2D eigenvalue weighted by Crippen LogP contribution is -2.38. The highest BCUT2D eigenvalue weighted by atomic mass is 79.9. The minimum absolute atomic E-state index is 0.161. The summed E-state index contributed by atoms with van der Waals surface area (Å²) in [5, 5.41) is 3.31. The maximum Gasteiger partial charge on any atom is 0.0207 e. The molecule has 0 radical (unpaired) electrons. The smallest absolute Gasteiger partial charge is 0.0207 e. The number of rotatable bonds is 3. The number of hydrogen-bond donors (Lipinski definition) is 1. The lowest BCUT2D eigenvalue weighted by atomic mass is 9.95. The molecule has 0 bridgehead atoms. The van der Waals surface area contributed by atoms with E-state index in [2.05, 4.69) is 60.2 Å². The molecule has 1 rings (SSSR count). The third-order valence-corrected chi connectivity index (χ3v) is 3.41. The van der Waals surface area contributed by atoms with Gasteiger partial charge in [0, 0.05) is 10.0 Å². The molecule has 0 saturated carbocycles. The molecule has 1 aromatic rings. The van der Waals surface area contributed by atoms with Crippen LogP contribution in [0, 0.1) is 6.92 Å². The molecular weight excluding hydrogens is 238 g/mol. The van der Waals surface area contributed by atoms with Crippen LogP contribution in [0.15, 0.2) is 22.7 Å². The van der Waals surface area contributed by atoms with Crippen LogP contribution in [-0.4, -0.2) is 12.6 Å². The Labute approximate surface area is 95.0 Å². The lowest BCUT2D eigenvalue weighted by molar-refractivity contribution is 0.422. The van der Waals surface area contributed by atoms with Crippen molar-refractivity contribution in [1.29, 1.82) is 0 Å². The first kappa shape index (κ1) is 11.7. The van der Waals surface area contributed by atoms with Gasteiger partial charge in [0.2, 0.25) is 0 Å². The van der Waals surface area contributed by atoms with Crippen LogP contribution in [0.4, 0.5) is 0 Å². The van der Waals surface area contributed by atoms with Gasteiger partial charge in [0.05, 0.1) is 0 Å². The molecule has 0 aromatic heterocycles. The summed E-state index contributed by atoms with van der Waals surface area (Å²) in [6.45, 7) is 6.53. The second kappa shape index (κ2) is 4.45. The maximum absolute atomic E-state index is 3.56. The molecule has 0 heterocycles. The number of halogens is 1. The monoisotopic (exact) mass is 255 g/mol. The van der Waals surface area contributed by atoms with Crippen LogP contribution in [0.5, 0.6) is 0 Å². The molecule has 1 N–H and O–H groups in total. The summed E-state index contributed by atoms with van der Waals surface area (Å²) in [5.41, 5.74) is 2.81. The number of hydrogen-bond acceptors (Lipinski definition) is 1. The molecule has 0 atom stereocenters. The number of nitrogens with one attached hydrogen (secondary N) is 1. The quantitative estimate of drug-likeness (QED) is 0.875. The summed E-state index contributed by atoms with van der Waals surface area (Å²) in [4.78, 5) is 0. The van der Waals surface area contributed by atoms with Crippen molar-refractivity contribution < 1.29 is 0 Å². The van der Waals surface area contributed by atoms with Crippen molar-refractivity contribution in [2.45, 2.75) is 32.7 Å². The first-order chi connectivity index (χ1) is 6.44. The van der Waals surface area contributed by atoms with Crippen LogP contribution >= 0.6 is 15.9 Å². The van der Waals surface area contributed by atoms with Crippen LogP contribution < -0.4 is 5.32 Å². The van der Waals surface area contributed by atoms with Gasteiger partial charge in [-0.15, -0.1) is 0 Å². The van der Waals surface area contributed by atoms with E-state index < -0.39 is 0 Å². The highest BCUT2D eigenvalue weighted by molar-refractivity contribution is 9.10. The molecule has 0 saturated heterocycles. The Morgan fingerprint density at radius 3 is 2.50 bits per heavy atom. The number of benzene rings is 1. The van der Waals surface area contributed by atoms with Gasteiger partial charge in [0.15, 0.2) is 0 Å². The summed E-state index contributed by atoms with van der Waals surface area (Å²) in [7, 11) is 2.00. The van der Waals surface area contributed by atoms with Gasteiger partial charge in [-0.1, -0.05) is 28.1 Å². The van der Waals surface area contributed by atoms with Crippen molar-refractivity contribution in [3.8, 4) is 0 Å². The molecule has 1 aromatic carbocycles. The zero-order valence-corrected chi connectivity index (χ0v) is 10.9. The van der Waals surface area contributed by atoms with Gasteiger partial charge >= 0.3 is 0 Å². The van der Waals surface area contributed by atoms with E-state index in [1.54, 1.807) is 0 Å². The Kier molecular flexibility index (Phi) is 3.73. The largest absolute Gasteiger partial charge is 0.314 e. The van der Waals surface area contributed by atoms with E-state index in [0.717, 1.165) is 6.42 Å². The van der Waals surface area contributed by atoms with Crippen LogP contribution in [-0.2, 0) is 6.42 Å². The molecule has 0 aliphatic rings. The van der Waals surface area contributed by atoms with Crippen LogP contribution in [0.2, 0.25) is 0 Å². The molecule has 0 aliphatic heterocycles. The van der Waals surface area contributed by atoms with Crippen molar-refractivity contribution in [3.05, 3.63) is 33.8 Å². The second-order valence-corrected chi connectivity index (χ2v) is 5.25. The first-order valence-electron chi connectivity index (χ1n) is 4.88. The van der Waals surface area contributed by atoms with E-state index in [1.165, 1.54) is 15.6 Å². The maximum atomic E-state index is 3.56. The topological polar surface area (TPSA) is 12.0 Å². The number of aryl methyl sites for hydroxylation is 1. The van der Waals surface area contributed by atoms with Gasteiger partial charge in [0.25, 0.3) is 0 Å². The molecule has 78 valence electrons. The fourth-order valence-electron chi connectivity index (χ4n) is 1.35. The molecule has 14 heavy (non-hydrogen) atoms. The zero-order chi connectivity index (χ0) is 10.8. The summed E-state index contributed by atoms with van der Waals surface area (Å²) in [6, 6.07) is 6.55. The van der Waals surface area contributed by atoms with Gasteiger partial charge in [0.1, 0.15) is 0 Å². The Morgan fingerprint density at radius 2 is 2.00 bits per heavy atom. The van der Waals surface area contributed by atoms with Crippen molar-refractivity contribution in [1.82, 2.24) is 5.32 Å². The average Bonchev–Trinajstić information content (AvgIpc) is 2.11. The summed E-state index contributed by atoms with van der Waals surface area (Å²) in [5.74, 6) is 0. The highest BCUT2D eigenvalue weighted by Crippen LogP contribution is 2.20. The Morgan fingerprint density at radius 1 is 1.36 bits per heavy atom. The second-order valence-electron chi connectivity index (χ2n) is 4.39. The van der Waals surface area contributed by atoms with Gasteiger partial charge in [-0.2, -0.15) is 0 Å². The normalized spacial score (nSPS) is 11.8.